The molecule has 0 aliphatic heterocycles. The lowest BCUT2D eigenvalue weighted by molar-refractivity contribution is 0.0682. The minimum atomic E-state index is -1.15. The van der Waals surface area contributed by atoms with Crippen molar-refractivity contribution >= 4 is 5.97 Å². The molecule has 0 atom stereocenters. The number of nitrogens with zero attached hydrogens (tertiary/aromatic N) is 3. The van der Waals surface area contributed by atoms with E-state index >= 15 is 0 Å². The molecular formula is C5H6FN3O2. The molecule has 1 rings (SSSR count). The first-order valence-corrected chi connectivity index (χ1v) is 2.93. The van der Waals surface area contributed by atoms with Crippen molar-refractivity contribution in [2.75, 3.05) is 6.67 Å². The Morgan fingerprint density at radius 1 is 1.82 bits per heavy atom. The number of aromatic carboxylic acids is 1. The first-order valence-electron chi connectivity index (χ1n) is 2.93. The van der Waals surface area contributed by atoms with Crippen LogP contribution in [-0.2, 0) is 6.54 Å². The summed E-state index contributed by atoms with van der Waals surface area (Å²) in [5.74, 6) is -1.15. The van der Waals surface area contributed by atoms with Gasteiger partial charge in [-0.3, -0.25) is 0 Å². The van der Waals surface area contributed by atoms with E-state index in [9.17, 15) is 9.18 Å². The second-order valence-electron chi connectivity index (χ2n) is 1.84. The minimum Gasteiger partial charge on any atom is -0.476 e. The fraction of sp³-hybridized carbons (Fsp3) is 0.400. The van der Waals surface area contributed by atoms with Gasteiger partial charge in [0.05, 0.1) is 12.7 Å². The highest BCUT2D eigenvalue weighted by Crippen LogP contribution is 1.95. The molecule has 1 heterocycles. The zero-order valence-electron chi connectivity index (χ0n) is 5.57. The number of rotatable bonds is 3. The number of carbonyl (C=O) groups is 1. The van der Waals surface area contributed by atoms with E-state index in [1.807, 2.05) is 0 Å². The van der Waals surface area contributed by atoms with Crippen LogP contribution in [0.1, 0.15) is 10.5 Å². The molecule has 5 nitrogen and oxygen atoms in total. The SMILES string of the molecule is O=C(O)c1cnnn1CCF. The molecule has 0 amide bonds. The average Bonchev–Trinajstić information content (AvgIpc) is 2.36. The van der Waals surface area contributed by atoms with Crippen molar-refractivity contribution < 1.29 is 14.3 Å². The summed E-state index contributed by atoms with van der Waals surface area (Å²) in [5.41, 5.74) is -0.0948. The van der Waals surface area contributed by atoms with Crippen LogP contribution in [0, 0.1) is 0 Å². The van der Waals surface area contributed by atoms with Crippen molar-refractivity contribution in [1.29, 1.82) is 0 Å². The molecular weight excluding hydrogens is 153 g/mol. The largest absolute Gasteiger partial charge is 0.476 e. The van der Waals surface area contributed by atoms with Crippen LogP contribution in [0.3, 0.4) is 0 Å². The molecule has 0 saturated heterocycles. The van der Waals surface area contributed by atoms with E-state index in [-0.39, 0.29) is 12.2 Å². The predicted octanol–water partition coefficient (Wildman–Crippen LogP) is -0.0542. The Balaban J connectivity index is 2.87. The van der Waals surface area contributed by atoms with Crippen molar-refractivity contribution in [3.05, 3.63) is 11.9 Å². The summed E-state index contributed by atoms with van der Waals surface area (Å²) < 4.78 is 12.7. The van der Waals surface area contributed by atoms with Crippen LogP contribution in [0.5, 0.6) is 0 Å². The number of carboxylic acid groups (broad SMARTS) is 1. The summed E-state index contributed by atoms with van der Waals surface area (Å²) in [4.78, 5) is 10.3. The zero-order valence-corrected chi connectivity index (χ0v) is 5.57. The Morgan fingerprint density at radius 3 is 3.09 bits per heavy atom. The van der Waals surface area contributed by atoms with Crippen molar-refractivity contribution in [2.24, 2.45) is 0 Å². The molecule has 1 N–H and O–H groups in total. The molecule has 6 heteroatoms. The van der Waals surface area contributed by atoms with E-state index in [0.717, 1.165) is 10.9 Å². The summed E-state index contributed by atoms with van der Waals surface area (Å²) >= 11 is 0. The number of alkyl halides is 1. The highest BCUT2D eigenvalue weighted by atomic mass is 19.1. The molecule has 0 fully saturated rings. The van der Waals surface area contributed by atoms with Crippen molar-refractivity contribution in [1.82, 2.24) is 15.0 Å². The Labute approximate surface area is 61.4 Å². The van der Waals surface area contributed by atoms with Gasteiger partial charge in [0.2, 0.25) is 0 Å². The molecule has 1 aromatic heterocycles. The maximum atomic E-state index is 11.7. The number of hydrogen-bond donors (Lipinski definition) is 1. The third-order valence-electron chi connectivity index (χ3n) is 1.13. The van der Waals surface area contributed by atoms with Gasteiger partial charge in [-0.1, -0.05) is 5.21 Å². The Hall–Kier alpha value is -1.46. The van der Waals surface area contributed by atoms with E-state index in [1.165, 1.54) is 0 Å². The minimum absolute atomic E-state index is 0.0678. The van der Waals surface area contributed by atoms with E-state index in [2.05, 4.69) is 10.3 Å². The third kappa shape index (κ3) is 1.51. The van der Waals surface area contributed by atoms with Crippen LogP contribution in [0.15, 0.2) is 6.20 Å². The van der Waals surface area contributed by atoms with Crippen LogP contribution in [-0.4, -0.2) is 32.7 Å². The van der Waals surface area contributed by atoms with E-state index in [0.29, 0.717) is 0 Å². The van der Waals surface area contributed by atoms with Crippen LogP contribution in [0.4, 0.5) is 4.39 Å². The first kappa shape index (κ1) is 7.64. The molecule has 0 aliphatic carbocycles. The predicted molar refractivity (Wildman–Crippen MR) is 33.0 cm³/mol. The topological polar surface area (TPSA) is 68.0 Å². The van der Waals surface area contributed by atoms with Gasteiger partial charge in [-0.25, -0.2) is 13.9 Å². The van der Waals surface area contributed by atoms with Gasteiger partial charge >= 0.3 is 5.97 Å². The van der Waals surface area contributed by atoms with Gasteiger partial charge in [0, 0.05) is 0 Å². The lowest BCUT2D eigenvalue weighted by Crippen LogP contribution is -2.10. The molecule has 0 radical (unpaired) electrons. The lowest BCUT2D eigenvalue weighted by atomic mass is 10.5. The fourth-order valence-electron chi connectivity index (χ4n) is 0.669. The summed E-state index contributed by atoms with van der Waals surface area (Å²) in [6.07, 6.45) is 1.08. The number of hydrogen-bond acceptors (Lipinski definition) is 3. The molecule has 0 saturated carbocycles. The lowest BCUT2D eigenvalue weighted by Gasteiger charge is -1.96. The van der Waals surface area contributed by atoms with Gasteiger partial charge < -0.3 is 5.11 Å². The highest BCUT2D eigenvalue weighted by Gasteiger charge is 2.09. The quantitative estimate of drug-likeness (QED) is 0.671. The molecule has 0 aliphatic rings. The van der Waals surface area contributed by atoms with Gasteiger partial charge in [-0.2, -0.15) is 0 Å². The summed E-state index contributed by atoms with van der Waals surface area (Å²) in [5, 5.41) is 15.2. The summed E-state index contributed by atoms with van der Waals surface area (Å²) in [7, 11) is 0. The maximum Gasteiger partial charge on any atom is 0.355 e. The molecule has 11 heavy (non-hydrogen) atoms. The second-order valence-corrected chi connectivity index (χ2v) is 1.84. The number of aryl methyl sites for hydroxylation is 1. The van der Waals surface area contributed by atoms with E-state index in [1.54, 1.807) is 0 Å². The van der Waals surface area contributed by atoms with Gasteiger partial charge in [0.25, 0.3) is 0 Å². The van der Waals surface area contributed by atoms with Crippen LogP contribution < -0.4 is 0 Å². The standard InChI is InChI=1S/C5H6FN3O2/c6-1-2-9-4(5(10)11)3-7-8-9/h3H,1-2H2,(H,10,11). The Bertz CT molecular complexity index is 260. The first-order chi connectivity index (χ1) is 5.25. The summed E-state index contributed by atoms with van der Waals surface area (Å²) in [6.45, 7) is -0.717. The van der Waals surface area contributed by atoms with Crippen LogP contribution in [0.2, 0.25) is 0 Å². The average molecular weight is 159 g/mol. The second kappa shape index (κ2) is 3.09. The van der Waals surface area contributed by atoms with E-state index in [4.69, 9.17) is 5.11 Å². The fourth-order valence-corrected chi connectivity index (χ4v) is 0.669. The smallest absolute Gasteiger partial charge is 0.355 e. The number of carboxylic acids is 1. The van der Waals surface area contributed by atoms with Gasteiger partial charge in [0.15, 0.2) is 5.69 Å². The van der Waals surface area contributed by atoms with Crippen LogP contribution in [0.25, 0.3) is 0 Å². The Kier molecular flexibility index (Phi) is 2.15. The molecule has 0 bridgehead atoms. The molecule has 0 spiro atoms. The van der Waals surface area contributed by atoms with Crippen molar-refractivity contribution in [2.45, 2.75) is 6.54 Å². The third-order valence-corrected chi connectivity index (χ3v) is 1.13. The molecule has 1 aromatic rings. The molecule has 0 aromatic carbocycles. The van der Waals surface area contributed by atoms with Crippen molar-refractivity contribution in [3.8, 4) is 0 Å². The normalized spacial score (nSPS) is 9.91. The number of aromatic nitrogens is 3. The van der Waals surface area contributed by atoms with Gasteiger partial charge in [-0.05, 0) is 0 Å². The van der Waals surface area contributed by atoms with Gasteiger partial charge in [0.1, 0.15) is 6.67 Å². The molecule has 0 unspecified atom stereocenters. The monoisotopic (exact) mass is 159 g/mol. The molecule has 60 valence electrons. The maximum absolute atomic E-state index is 11.7. The van der Waals surface area contributed by atoms with Crippen LogP contribution >= 0.6 is 0 Å². The Morgan fingerprint density at radius 2 is 2.55 bits per heavy atom. The van der Waals surface area contributed by atoms with Gasteiger partial charge in [-0.15, -0.1) is 5.10 Å². The van der Waals surface area contributed by atoms with Crippen molar-refractivity contribution in [3.63, 3.8) is 0 Å². The zero-order chi connectivity index (χ0) is 8.27. The summed E-state index contributed by atoms with van der Waals surface area (Å²) in [6, 6.07) is 0. The van der Waals surface area contributed by atoms with E-state index < -0.39 is 12.6 Å². The number of halogens is 1. The highest BCUT2D eigenvalue weighted by molar-refractivity contribution is 5.85.